The Morgan fingerprint density at radius 1 is 1.15 bits per heavy atom. The number of benzene rings is 2. The highest BCUT2D eigenvalue weighted by Gasteiger charge is 2.30. The van der Waals surface area contributed by atoms with Crippen LogP contribution in [0.2, 0.25) is 0 Å². The molecule has 0 spiro atoms. The lowest BCUT2D eigenvalue weighted by Gasteiger charge is -2.11. The summed E-state index contributed by atoms with van der Waals surface area (Å²) in [6.45, 7) is 0. The Balaban J connectivity index is 1.70. The Morgan fingerprint density at radius 2 is 1.85 bits per heavy atom. The summed E-state index contributed by atoms with van der Waals surface area (Å²) in [7, 11) is 1.81. The van der Waals surface area contributed by atoms with Gasteiger partial charge < -0.3 is 0 Å². The van der Waals surface area contributed by atoms with Crippen molar-refractivity contribution in [3.63, 3.8) is 0 Å². The van der Waals surface area contributed by atoms with Crippen LogP contribution in [0.15, 0.2) is 59.2 Å². The molecule has 0 unspecified atom stereocenters. The van der Waals surface area contributed by atoms with E-state index in [2.05, 4.69) is 31.9 Å². The fourth-order valence-electron chi connectivity index (χ4n) is 2.49. The average molecular weight is 439 g/mol. The summed E-state index contributed by atoms with van der Waals surface area (Å²) in [6.07, 6.45) is -2.75. The first-order valence-corrected chi connectivity index (χ1v) is 8.56. The molecule has 1 aromatic heterocycles. The smallest absolute Gasteiger partial charge is 0.298 e. The van der Waals surface area contributed by atoms with Crippen LogP contribution >= 0.6 is 15.9 Å². The first kappa shape index (κ1) is 19.0. The summed E-state index contributed by atoms with van der Waals surface area (Å²) in [4.78, 5) is 12.1. The number of hydrazine groups is 1. The van der Waals surface area contributed by atoms with Gasteiger partial charge in [-0.25, -0.2) is 0 Å². The summed E-state index contributed by atoms with van der Waals surface area (Å²) >= 11 is 3.44. The first-order valence-electron chi connectivity index (χ1n) is 7.77. The zero-order valence-electron chi connectivity index (χ0n) is 14.0. The van der Waals surface area contributed by atoms with Crippen LogP contribution in [0.4, 0.5) is 18.9 Å². The molecule has 1 heterocycles. The van der Waals surface area contributed by atoms with Gasteiger partial charge in [0.15, 0.2) is 0 Å². The van der Waals surface area contributed by atoms with Crippen molar-refractivity contribution in [2.45, 2.75) is 6.18 Å². The topological polar surface area (TPSA) is 59.0 Å². The number of aryl methyl sites for hydroxylation is 1. The van der Waals surface area contributed by atoms with E-state index in [1.165, 1.54) is 0 Å². The van der Waals surface area contributed by atoms with Crippen LogP contribution in [0.3, 0.4) is 0 Å². The second-order valence-corrected chi connectivity index (χ2v) is 6.55. The number of hydrogen-bond donors (Lipinski definition) is 2. The standard InChI is InChI=1S/C18H14BrF3N4O/c1-26-16(15(19)10-23-26)12-3-2-4-14(9-12)24-25-17(27)11-5-7-13(8-6-11)18(20,21)22/h2-10,24H,1H3,(H,25,27). The number of alkyl halides is 3. The molecule has 0 aliphatic carbocycles. The van der Waals surface area contributed by atoms with Crippen molar-refractivity contribution in [2.75, 3.05) is 5.43 Å². The van der Waals surface area contributed by atoms with E-state index < -0.39 is 17.6 Å². The van der Waals surface area contributed by atoms with Crippen LogP contribution in [0.1, 0.15) is 15.9 Å². The molecule has 0 fully saturated rings. The van der Waals surface area contributed by atoms with E-state index in [0.717, 1.165) is 40.0 Å². The molecule has 0 aliphatic rings. The summed E-state index contributed by atoms with van der Waals surface area (Å²) < 4.78 is 40.3. The molecular formula is C18H14BrF3N4O. The van der Waals surface area contributed by atoms with Crippen molar-refractivity contribution in [3.8, 4) is 11.3 Å². The van der Waals surface area contributed by atoms with E-state index in [4.69, 9.17) is 0 Å². The van der Waals surface area contributed by atoms with Crippen molar-refractivity contribution in [1.82, 2.24) is 15.2 Å². The number of nitrogens with one attached hydrogen (secondary N) is 2. The predicted octanol–water partition coefficient (Wildman–Crippen LogP) is 4.63. The lowest BCUT2D eigenvalue weighted by Crippen LogP contribution is -2.29. The largest absolute Gasteiger partial charge is 0.416 e. The molecule has 0 atom stereocenters. The van der Waals surface area contributed by atoms with Crippen molar-refractivity contribution in [3.05, 3.63) is 70.3 Å². The van der Waals surface area contributed by atoms with Gasteiger partial charge in [0, 0.05) is 18.2 Å². The van der Waals surface area contributed by atoms with Gasteiger partial charge in [-0.3, -0.25) is 20.3 Å². The zero-order chi connectivity index (χ0) is 19.6. The van der Waals surface area contributed by atoms with Crippen LogP contribution in [-0.4, -0.2) is 15.7 Å². The third kappa shape index (κ3) is 4.30. The van der Waals surface area contributed by atoms with Gasteiger partial charge in [-0.1, -0.05) is 12.1 Å². The highest BCUT2D eigenvalue weighted by molar-refractivity contribution is 9.10. The highest BCUT2D eigenvalue weighted by atomic mass is 79.9. The van der Waals surface area contributed by atoms with E-state index in [1.807, 2.05) is 19.2 Å². The number of halogens is 4. The number of aromatic nitrogens is 2. The average Bonchev–Trinajstić information content (AvgIpc) is 2.98. The molecule has 27 heavy (non-hydrogen) atoms. The minimum absolute atomic E-state index is 0.112. The summed E-state index contributed by atoms with van der Waals surface area (Å²) in [5.74, 6) is -0.546. The number of rotatable bonds is 4. The molecule has 140 valence electrons. The number of anilines is 1. The Kier molecular flexibility index (Phi) is 5.22. The summed E-state index contributed by atoms with van der Waals surface area (Å²) in [5, 5.41) is 4.16. The van der Waals surface area contributed by atoms with Crippen LogP contribution in [0.25, 0.3) is 11.3 Å². The Hall–Kier alpha value is -2.81. The van der Waals surface area contributed by atoms with Gasteiger partial charge in [-0.05, 0) is 52.3 Å². The third-order valence-corrected chi connectivity index (χ3v) is 4.41. The van der Waals surface area contributed by atoms with Crippen molar-refractivity contribution in [1.29, 1.82) is 0 Å². The second-order valence-electron chi connectivity index (χ2n) is 5.70. The Bertz CT molecular complexity index is 948. The van der Waals surface area contributed by atoms with Crippen LogP contribution < -0.4 is 10.9 Å². The second kappa shape index (κ2) is 7.43. The molecule has 0 saturated carbocycles. The summed E-state index contributed by atoms with van der Waals surface area (Å²) in [5.41, 5.74) is 6.89. The molecule has 5 nitrogen and oxygen atoms in total. The number of nitrogens with zero attached hydrogens (tertiary/aromatic N) is 2. The number of carbonyl (C=O) groups is 1. The normalized spacial score (nSPS) is 11.3. The van der Waals surface area contributed by atoms with E-state index in [9.17, 15) is 18.0 Å². The van der Waals surface area contributed by atoms with E-state index >= 15 is 0 Å². The van der Waals surface area contributed by atoms with Crippen LogP contribution in [-0.2, 0) is 13.2 Å². The lowest BCUT2D eigenvalue weighted by molar-refractivity contribution is -0.137. The molecule has 0 bridgehead atoms. The number of hydrogen-bond acceptors (Lipinski definition) is 3. The number of amides is 1. The van der Waals surface area contributed by atoms with E-state index in [0.29, 0.717) is 5.69 Å². The molecule has 2 N–H and O–H groups in total. The van der Waals surface area contributed by atoms with Gasteiger partial charge in [0.2, 0.25) is 0 Å². The van der Waals surface area contributed by atoms with Crippen molar-refractivity contribution >= 4 is 27.5 Å². The predicted molar refractivity (Wildman–Crippen MR) is 98.9 cm³/mol. The van der Waals surface area contributed by atoms with Gasteiger partial charge in [-0.2, -0.15) is 18.3 Å². The molecule has 3 aromatic rings. The maximum Gasteiger partial charge on any atom is 0.416 e. The maximum absolute atomic E-state index is 12.6. The van der Waals surface area contributed by atoms with Gasteiger partial charge >= 0.3 is 6.18 Å². The maximum atomic E-state index is 12.6. The number of carbonyl (C=O) groups excluding carboxylic acids is 1. The van der Waals surface area contributed by atoms with Gasteiger partial charge in [0.1, 0.15) is 0 Å². The molecule has 0 radical (unpaired) electrons. The minimum Gasteiger partial charge on any atom is -0.298 e. The Labute approximate surface area is 161 Å². The fourth-order valence-corrected chi connectivity index (χ4v) is 3.07. The van der Waals surface area contributed by atoms with Crippen molar-refractivity contribution < 1.29 is 18.0 Å². The van der Waals surface area contributed by atoms with Crippen molar-refractivity contribution in [2.24, 2.45) is 7.05 Å². The molecular weight excluding hydrogens is 425 g/mol. The lowest BCUT2D eigenvalue weighted by atomic mass is 10.1. The third-order valence-electron chi connectivity index (χ3n) is 3.82. The highest BCUT2D eigenvalue weighted by Crippen LogP contribution is 2.30. The quantitative estimate of drug-likeness (QED) is 0.584. The monoisotopic (exact) mass is 438 g/mol. The van der Waals surface area contributed by atoms with Gasteiger partial charge in [-0.15, -0.1) is 0 Å². The molecule has 0 aliphatic heterocycles. The van der Waals surface area contributed by atoms with Crippen LogP contribution in [0, 0.1) is 0 Å². The molecule has 3 rings (SSSR count). The van der Waals surface area contributed by atoms with Gasteiger partial charge in [0.05, 0.1) is 27.6 Å². The van der Waals surface area contributed by atoms with Crippen LogP contribution in [0.5, 0.6) is 0 Å². The van der Waals surface area contributed by atoms with E-state index in [1.54, 1.807) is 23.0 Å². The zero-order valence-corrected chi connectivity index (χ0v) is 15.6. The minimum atomic E-state index is -4.44. The first-order chi connectivity index (χ1) is 12.8. The SMILES string of the molecule is Cn1ncc(Br)c1-c1cccc(NNC(=O)c2ccc(C(F)(F)F)cc2)c1. The van der Waals surface area contributed by atoms with Gasteiger partial charge in [0.25, 0.3) is 5.91 Å². The van der Waals surface area contributed by atoms with E-state index in [-0.39, 0.29) is 5.56 Å². The summed E-state index contributed by atoms with van der Waals surface area (Å²) in [6, 6.07) is 11.3. The molecule has 2 aromatic carbocycles. The molecule has 1 amide bonds. The fraction of sp³-hybridized carbons (Fsp3) is 0.111. The Morgan fingerprint density at radius 3 is 2.44 bits per heavy atom. The molecule has 0 saturated heterocycles. The molecule has 9 heteroatoms.